The van der Waals surface area contributed by atoms with Crippen molar-refractivity contribution in [2.45, 2.75) is 70.8 Å². The monoisotopic (exact) mass is 392 g/mol. The third-order valence-electron chi connectivity index (χ3n) is 4.18. The highest BCUT2D eigenvalue weighted by Gasteiger charge is 2.22. The molecule has 0 saturated carbocycles. The molecule has 0 N–H and O–H groups in total. The molecule has 3 aromatic heterocycles. The van der Waals surface area contributed by atoms with Crippen molar-refractivity contribution in [3.8, 4) is 0 Å². The van der Waals surface area contributed by atoms with Crippen molar-refractivity contribution in [1.29, 1.82) is 0 Å². The Labute approximate surface area is 161 Å². The third-order valence-corrected chi connectivity index (χ3v) is 6.22. The normalized spacial score (nSPS) is 12.5. The Bertz CT molecular complexity index is 1010. The number of hydrogen-bond acceptors (Lipinski definition) is 7. The van der Waals surface area contributed by atoms with Gasteiger partial charge in [-0.1, -0.05) is 37.7 Å². The smallest absolute Gasteiger partial charge is 0.263 e. The van der Waals surface area contributed by atoms with Crippen LogP contribution in [0.25, 0.3) is 10.2 Å². The second-order valence-corrected chi connectivity index (χ2v) is 9.82. The van der Waals surface area contributed by atoms with Crippen LogP contribution in [-0.2, 0) is 11.2 Å². The van der Waals surface area contributed by atoms with Gasteiger partial charge in [0.25, 0.3) is 5.56 Å². The van der Waals surface area contributed by atoms with Crippen LogP contribution in [0.2, 0.25) is 0 Å². The number of thioether (sulfide) groups is 1. The average molecular weight is 393 g/mol. The van der Waals surface area contributed by atoms with E-state index in [1.54, 1.807) is 15.9 Å². The number of rotatable bonds is 4. The van der Waals surface area contributed by atoms with Crippen molar-refractivity contribution in [1.82, 2.24) is 19.7 Å². The minimum absolute atomic E-state index is 0.0225. The molecule has 0 amide bonds. The molecule has 0 aromatic carbocycles. The fraction of sp³-hybridized carbons (Fsp3) is 0.556. The highest BCUT2D eigenvalue weighted by atomic mass is 32.2. The number of aryl methyl sites for hydroxylation is 2. The predicted molar refractivity (Wildman–Crippen MR) is 106 cm³/mol. The van der Waals surface area contributed by atoms with Gasteiger partial charge in [-0.15, -0.1) is 11.3 Å². The quantitative estimate of drug-likeness (QED) is 0.476. The second-order valence-electron chi connectivity index (χ2n) is 7.68. The van der Waals surface area contributed by atoms with Gasteiger partial charge in [0, 0.05) is 16.3 Å². The lowest BCUT2D eigenvalue weighted by Crippen LogP contribution is -2.24. The maximum absolute atomic E-state index is 13.0. The molecular weight excluding hydrogens is 368 g/mol. The zero-order valence-corrected chi connectivity index (χ0v) is 17.8. The molecule has 6 nitrogen and oxygen atoms in total. The standard InChI is InChI=1S/C18H24N4O2S2/c1-9(2)22-15(23)13-10(3)11(4)26-14(13)20-17(22)25-8-12-19-16(21-24-12)18(5,6)7/h9H,8H2,1-7H3. The van der Waals surface area contributed by atoms with E-state index < -0.39 is 0 Å². The van der Waals surface area contributed by atoms with Crippen molar-refractivity contribution < 1.29 is 4.52 Å². The highest BCUT2D eigenvalue weighted by molar-refractivity contribution is 7.98. The Hall–Kier alpha value is -1.67. The first-order valence-electron chi connectivity index (χ1n) is 8.57. The Balaban J connectivity index is 1.98. The number of hydrogen-bond donors (Lipinski definition) is 0. The Morgan fingerprint density at radius 2 is 1.92 bits per heavy atom. The maximum atomic E-state index is 13.0. The predicted octanol–water partition coefficient (Wildman–Crippen LogP) is 4.63. The Morgan fingerprint density at radius 3 is 2.50 bits per heavy atom. The molecule has 3 rings (SSSR count). The van der Waals surface area contributed by atoms with E-state index in [1.165, 1.54) is 11.8 Å². The zero-order valence-electron chi connectivity index (χ0n) is 16.2. The first-order chi connectivity index (χ1) is 12.1. The fourth-order valence-electron chi connectivity index (χ4n) is 2.59. The lowest BCUT2D eigenvalue weighted by molar-refractivity contribution is 0.372. The largest absolute Gasteiger partial charge is 0.338 e. The summed E-state index contributed by atoms with van der Waals surface area (Å²) in [6.07, 6.45) is 0. The minimum atomic E-state index is -0.157. The molecule has 0 radical (unpaired) electrons. The molecule has 0 aliphatic carbocycles. The van der Waals surface area contributed by atoms with Crippen LogP contribution in [0.15, 0.2) is 14.5 Å². The van der Waals surface area contributed by atoms with Gasteiger partial charge >= 0.3 is 0 Å². The average Bonchev–Trinajstić information content (AvgIpc) is 3.10. The summed E-state index contributed by atoms with van der Waals surface area (Å²) >= 11 is 3.03. The first kappa shape index (κ1) is 19.1. The zero-order chi connectivity index (χ0) is 19.2. The van der Waals surface area contributed by atoms with E-state index in [9.17, 15) is 4.79 Å². The Morgan fingerprint density at radius 1 is 1.23 bits per heavy atom. The molecule has 140 valence electrons. The number of fused-ring (bicyclic) bond motifs is 1. The molecule has 3 aromatic rings. The van der Waals surface area contributed by atoms with Crippen LogP contribution in [-0.4, -0.2) is 19.7 Å². The van der Waals surface area contributed by atoms with Crippen molar-refractivity contribution in [2.24, 2.45) is 0 Å². The number of nitrogens with zero attached hydrogens (tertiary/aromatic N) is 4. The van der Waals surface area contributed by atoms with Gasteiger partial charge in [0.05, 0.1) is 11.1 Å². The van der Waals surface area contributed by atoms with Gasteiger partial charge in [0.15, 0.2) is 11.0 Å². The molecule has 0 spiro atoms. The summed E-state index contributed by atoms with van der Waals surface area (Å²) in [7, 11) is 0. The van der Waals surface area contributed by atoms with E-state index in [1.807, 2.05) is 48.5 Å². The van der Waals surface area contributed by atoms with Crippen LogP contribution < -0.4 is 5.56 Å². The third kappa shape index (κ3) is 3.44. The summed E-state index contributed by atoms with van der Waals surface area (Å²) < 4.78 is 7.12. The van der Waals surface area contributed by atoms with Gasteiger partial charge in [-0.2, -0.15) is 4.98 Å². The molecule has 26 heavy (non-hydrogen) atoms. The SMILES string of the molecule is Cc1sc2nc(SCc3nc(C(C)(C)C)no3)n(C(C)C)c(=O)c2c1C. The van der Waals surface area contributed by atoms with Crippen LogP contribution in [0.1, 0.15) is 62.8 Å². The fourth-order valence-corrected chi connectivity index (χ4v) is 4.63. The molecule has 3 heterocycles. The number of aromatic nitrogens is 4. The van der Waals surface area contributed by atoms with Crippen LogP contribution in [0.3, 0.4) is 0 Å². The van der Waals surface area contributed by atoms with E-state index >= 15 is 0 Å². The summed E-state index contributed by atoms with van der Waals surface area (Å²) in [6.45, 7) is 14.1. The highest BCUT2D eigenvalue weighted by Crippen LogP contribution is 2.30. The second kappa shape index (κ2) is 6.81. The minimum Gasteiger partial charge on any atom is -0.338 e. The molecule has 0 atom stereocenters. The molecule has 0 saturated heterocycles. The molecule has 0 fully saturated rings. The number of thiophene rings is 1. The van der Waals surface area contributed by atoms with Crippen LogP contribution in [0, 0.1) is 13.8 Å². The molecule has 0 bridgehead atoms. The van der Waals surface area contributed by atoms with Gasteiger partial charge in [-0.25, -0.2) is 4.98 Å². The summed E-state index contributed by atoms with van der Waals surface area (Å²) in [5.74, 6) is 1.71. The van der Waals surface area contributed by atoms with Crippen LogP contribution in [0.5, 0.6) is 0 Å². The summed E-state index contributed by atoms with van der Waals surface area (Å²) in [6, 6.07) is 0.0225. The molecule has 0 aliphatic rings. The van der Waals surface area contributed by atoms with E-state index in [0.717, 1.165) is 20.7 Å². The maximum Gasteiger partial charge on any atom is 0.263 e. The molecule has 0 aliphatic heterocycles. The van der Waals surface area contributed by atoms with Crippen molar-refractivity contribution in [3.63, 3.8) is 0 Å². The van der Waals surface area contributed by atoms with E-state index in [2.05, 4.69) is 10.1 Å². The lowest BCUT2D eigenvalue weighted by Gasteiger charge is -2.14. The van der Waals surface area contributed by atoms with Crippen LogP contribution in [0.4, 0.5) is 0 Å². The van der Waals surface area contributed by atoms with Crippen molar-refractivity contribution >= 4 is 33.3 Å². The Kier molecular flexibility index (Phi) is 5.00. The van der Waals surface area contributed by atoms with E-state index in [4.69, 9.17) is 9.51 Å². The van der Waals surface area contributed by atoms with Crippen molar-refractivity contribution in [3.05, 3.63) is 32.5 Å². The summed E-state index contributed by atoms with van der Waals surface area (Å²) in [4.78, 5) is 24.2. The topological polar surface area (TPSA) is 73.8 Å². The molecule has 0 unspecified atom stereocenters. The van der Waals surface area contributed by atoms with Gasteiger partial charge in [-0.05, 0) is 33.3 Å². The summed E-state index contributed by atoms with van der Waals surface area (Å²) in [5.41, 5.74) is 0.894. The van der Waals surface area contributed by atoms with Crippen LogP contribution >= 0.6 is 23.1 Å². The van der Waals surface area contributed by atoms with E-state index in [-0.39, 0.29) is 17.0 Å². The van der Waals surface area contributed by atoms with Crippen molar-refractivity contribution in [2.75, 3.05) is 0 Å². The van der Waals surface area contributed by atoms with Gasteiger partial charge in [0.2, 0.25) is 5.89 Å². The molecule has 8 heteroatoms. The van der Waals surface area contributed by atoms with Gasteiger partial charge in [-0.3, -0.25) is 9.36 Å². The van der Waals surface area contributed by atoms with Gasteiger partial charge < -0.3 is 4.52 Å². The molecular formula is C18H24N4O2S2. The summed E-state index contributed by atoms with van der Waals surface area (Å²) in [5, 5.41) is 5.48. The lowest BCUT2D eigenvalue weighted by atomic mass is 9.96. The van der Waals surface area contributed by atoms with E-state index in [0.29, 0.717) is 22.6 Å². The van der Waals surface area contributed by atoms with Gasteiger partial charge in [0.1, 0.15) is 4.83 Å². The first-order valence-corrected chi connectivity index (χ1v) is 10.4.